The topological polar surface area (TPSA) is 67.9 Å². The predicted molar refractivity (Wildman–Crippen MR) is 107 cm³/mol. The second kappa shape index (κ2) is 9.28. The Labute approximate surface area is 164 Å². The molecule has 0 heterocycles. The molecule has 6 nitrogen and oxygen atoms in total. The summed E-state index contributed by atoms with van der Waals surface area (Å²) >= 11 is 6.12. The zero-order valence-corrected chi connectivity index (χ0v) is 16.6. The summed E-state index contributed by atoms with van der Waals surface area (Å²) < 4.78 is 10.6. The number of anilines is 2. The molecular formula is C20H23ClN2O4. The highest BCUT2D eigenvalue weighted by Gasteiger charge is 2.20. The number of methoxy groups -OCH3 is 2. The molecule has 0 atom stereocenters. The number of nitrogens with one attached hydrogen (secondary N) is 1. The Balaban J connectivity index is 2.16. The molecule has 2 aromatic rings. The van der Waals surface area contributed by atoms with Crippen molar-refractivity contribution in [3.8, 4) is 11.5 Å². The van der Waals surface area contributed by atoms with Gasteiger partial charge in [0.05, 0.1) is 24.9 Å². The van der Waals surface area contributed by atoms with Crippen LogP contribution in [0.4, 0.5) is 11.4 Å². The van der Waals surface area contributed by atoms with E-state index >= 15 is 0 Å². The van der Waals surface area contributed by atoms with Crippen molar-refractivity contribution in [3.05, 3.63) is 47.0 Å². The van der Waals surface area contributed by atoms with Gasteiger partial charge in [0, 0.05) is 37.7 Å². The number of hydrogen-bond acceptors (Lipinski definition) is 4. The summed E-state index contributed by atoms with van der Waals surface area (Å²) in [5.74, 6) is 0.436. The lowest BCUT2D eigenvalue weighted by Gasteiger charge is -2.24. The van der Waals surface area contributed by atoms with Crippen molar-refractivity contribution in [1.82, 2.24) is 0 Å². The predicted octanol–water partition coefficient (Wildman–Crippen LogP) is 4.05. The Morgan fingerprint density at radius 2 is 1.81 bits per heavy atom. The summed E-state index contributed by atoms with van der Waals surface area (Å²) in [6.45, 7) is 3.57. The van der Waals surface area contributed by atoms with E-state index in [4.69, 9.17) is 21.1 Å². The first-order chi connectivity index (χ1) is 12.8. The first-order valence-electron chi connectivity index (χ1n) is 8.42. The molecule has 2 rings (SSSR count). The van der Waals surface area contributed by atoms with E-state index in [1.165, 1.54) is 26.0 Å². The molecule has 0 saturated carbocycles. The molecule has 0 aliphatic rings. The molecule has 0 spiro atoms. The Kier molecular flexibility index (Phi) is 7.07. The minimum Gasteiger partial charge on any atom is -0.495 e. The van der Waals surface area contributed by atoms with Crippen LogP contribution in [0.2, 0.25) is 5.02 Å². The van der Waals surface area contributed by atoms with Crippen LogP contribution in [0, 0.1) is 6.92 Å². The summed E-state index contributed by atoms with van der Waals surface area (Å²) in [7, 11) is 2.98. The first kappa shape index (κ1) is 20.6. The summed E-state index contributed by atoms with van der Waals surface area (Å²) in [5.41, 5.74) is 2.27. The molecule has 0 aromatic heterocycles. The molecule has 1 N–H and O–H groups in total. The summed E-state index contributed by atoms with van der Waals surface area (Å²) in [6.07, 6.45) is 0.127. The maximum absolute atomic E-state index is 12.3. The Morgan fingerprint density at radius 1 is 1.11 bits per heavy atom. The summed E-state index contributed by atoms with van der Waals surface area (Å²) in [4.78, 5) is 25.9. The van der Waals surface area contributed by atoms with Gasteiger partial charge >= 0.3 is 0 Å². The summed E-state index contributed by atoms with van der Waals surface area (Å²) in [5, 5.41) is 3.21. The van der Waals surface area contributed by atoms with E-state index in [2.05, 4.69) is 5.32 Å². The molecule has 27 heavy (non-hydrogen) atoms. The van der Waals surface area contributed by atoms with E-state index in [1.807, 2.05) is 31.2 Å². The van der Waals surface area contributed by atoms with E-state index < -0.39 is 0 Å². The zero-order chi connectivity index (χ0) is 20.0. The number of carbonyl (C=O) groups excluding carboxylic acids is 2. The van der Waals surface area contributed by atoms with Gasteiger partial charge in [0.2, 0.25) is 11.8 Å². The molecule has 0 aliphatic carbocycles. The third-order valence-corrected chi connectivity index (χ3v) is 4.28. The second-order valence-corrected chi connectivity index (χ2v) is 6.40. The van der Waals surface area contributed by atoms with E-state index in [9.17, 15) is 9.59 Å². The molecule has 0 aliphatic heterocycles. The third kappa shape index (κ3) is 5.37. The van der Waals surface area contributed by atoms with Gasteiger partial charge in [-0.05, 0) is 24.6 Å². The van der Waals surface area contributed by atoms with Gasteiger partial charge in [0.15, 0.2) is 0 Å². The Morgan fingerprint density at radius 3 is 2.41 bits per heavy atom. The number of halogens is 1. The third-order valence-electron chi connectivity index (χ3n) is 3.99. The zero-order valence-electron chi connectivity index (χ0n) is 15.8. The SMILES string of the molecule is COc1cc(N(CCC(=O)Nc2cccc(C)c2)C(C)=O)c(OC)cc1Cl. The quantitative estimate of drug-likeness (QED) is 0.774. The minimum atomic E-state index is -0.221. The number of ether oxygens (including phenoxy) is 2. The average Bonchev–Trinajstić information content (AvgIpc) is 2.62. The summed E-state index contributed by atoms with van der Waals surface area (Å²) in [6, 6.07) is 10.7. The van der Waals surface area contributed by atoms with Gasteiger partial charge in [-0.2, -0.15) is 0 Å². The normalized spacial score (nSPS) is 10.3. The van der Waals surface area contributed by atoms with Crippen LogP contribution in [-0.4, -0.2) is 32.6 Å². The van der Waals surface area contributed by atoms with E-state index in [0.717, 1.165) is 11.3 Å². The molecule has 2 aromatic carbocycles. The van der Waals surface area contributed by atoms with Crippen LogP contribution in [0.1, 0.15) is 18.9 Å². The van der Waals surface area contributed by atoms with Crippen molar-refractivity contribution in [2.75, 3.05) is 31.0 Å². The van der Waals surface area contributed by atoms with Gasteiger partial charge in [-0.25, -0.2) is 0 Å². The number of benzene rings is 2. The fraction of sp³-hybridized carbons (Fsp3) is 0.300. The number of amides is 2. The maximum atomic E-state index is 12.3. The largest absolute Gasteiger partial charge is 0.495 e. The van der Waals surface area contributed by atoms with Crippen molar-refractivity contribution in [3.63, 3.8) is 0 Å². The van der Waals surface area contributed by atoms with E-state index in [1.54, 1.807) is 12.1 Å². The van der Waals surface area contributed by atoms with Crippen LogP contribution in [-0.2, 0) is 9.59 Å². The van der Waals surface area contributed by atoms with Crippen molar-refractivity contribution < 1.29 is 19.1 Å². The van der Waals surface area contributed by atoms with Crippen LogP contribution < -0.4 is 19.7 Å². The molecule has 0 unspecified atom stereocenters. The molecule has 0 radical (unpaired) electrons. The van der Waals surface area contributed by atoms with Crippen molar-refractivity contribution in [1.29, 1.82) is 0 Å². The van der Waals surface area contributed by atoms with Gasteiger partial charge in [-0.3, -0.25) is 9.59 Å². The molecule has 0 fully saturated rings. The van der Waals surface area contributed by atoms with Crippen molar-refractivity contribution in [2.45, 2.75) is 20.3 Å². The number of hydrogen-bond donors (Lipinski definition) is 1. The van der Waals surface area contributed by atoms with Crippen LogP contribution >= 0.6 is 11.6 Å². The lowest BCUT2D eigenvalue weighted by atomic mass is 10.2. The number of nitrogens with zero attached hydrogens (tertiary/aromatic N) is 1. The van der Waals surface area contributed by atoms with Gasteiger partial charge in [0.25, 0.3) is 0 Å². The van der Waals surface area contributed by atoms with Crippen LogP contribution in [0.3, 0.4) is 0 Å². The van der Waals surface area contributed by atoms with Gasteiger partial charge < -0.3 is 19.7 Å². The highest BCUT2D eigenvalue weighted by atomic mass is 35.5. The average molecular weight is 391 g/mol. The second-order valence-electron chi connectivity index (χ2n) is 6.00. The van der Waals surface area contributed by atoms with E-state index in [0.29, 0.717) is 22.2 Å². The number of rotatable bonds is 7. The highest BCUT2D eigenvalue weighted by Crippen LogP contribution is 2.38. The Bertz CT molecular complexity index is 839. The van der Waals surface area contributed by atoms with E-state index in [-0.39, 0.29) is 24.8 Å². The molecule has 0 bridgehead atoms. The Hall–Kier alpha value is -2.73. The fourth-order valence-corrected chi connectivity index (χ4v) is 2.89. The lowest BCUT2D eigenvalue weighted by molar-refractivity contribution is -0.117. The fourth-order valence-electron chi connectivity index (χ4n) is 2.66. The minimum absolute atomic E-state index is 0.127. The van der Waals surface area contributed by atoms with Crippen LogP contribution in [0.15, 0.2) is 36.4 Å². The first-order valence-corrected chi connectivity index (χ1v) is 8.79. The van der Waals surface area contributed by atoms with Crippen molar-refractivity contribution >= 4 is 34.8 Å². The molecule has 7 heteroatoms. The highest BCUT2D eigenvalue weighted by molar-refractivity contribution is 6.32. The molecular weight excluding hydrogens is 368 g/mol. The molecule has 2 amide bonds. The lowest BCUT2D eigenvalue weighted by Crippen LogP contribution is -2.32. The van der Waals surface area contributed by atoms with Crippen LogP contribution in [0.25, 0.3) is 0 Å². The van der Waals surface area contributed by atoms with Gasteiger partial charge in [-0.1, -0.05) is 23.7 Å². The van der Waals surface area contributed by atoms with Crippen LogP contribution in [0.5, 0.6) is 11.5 Å². The molecule has 144 valence electrons. The standard InChI is InChI=1S/C20H23ClN2O4/c1-13-6-5-7-15(10-13)22-20(25)8-9-23(14(2)24)17-12-18(26-3)16(21)11-19(17)27-4/h5-7,10-12H,8-9H2,1-4H3,(H,22,25). The van der Waals surface area contributed by atoms with Gasteiger partial charge in [0.1, 0.15) is 11.5 Å². The monoisotopic (exact) mass is 390 g/mol. The maximum Gasteiger partial charge on any atom is 0.226 e. The molecule has 0 saturated heterocycles. The van der Waals surface area contributed by atoms with Gasteiger partial charge in [-0.15, -0.1) is 0 Å². The number of carbonyl (C=O) groups is 2. The smallest absolute Gasteiger partial charge is 0.226 e. The van der Waals surface area contributed by atoms with Crippen molar-refractivity contribution in [2.24, 2.45) is 0 Å². The number of aryl methyl sites for hydroxylation is 1.